The van der Waals surface area contributed by atoms with E-state index in [4.69, 9.17) is 0 Å². The summed E-state index contributed by atoms with van der Waals surface area (Å²) in [7, 11) is 2.19. The van der Waals surface area contributed by atoms with Gasteiger partial charge in [0.15, 0.2) is 0 Å². The molecule has 0 unspecified atom stereocenters. The van der Waals surface area contributed by atoms with Gasteiger partial charge in [-0.1, -0.05) is 19.1 Å². The quantitative estimate of drug-likeness (QED) is 0.897. The monoisotopic (exact) mass is 287 g/mol. The zero-order valence-corrected chi connectivity index (χ0v) is 13.6. The number of benzene rings is 1. The highest BCUT2D eigenvalue weighted by atomic mass is 15.1. The molecular weight excluding hydrogens is 258 g/mol. The molecule has 0 aromatic heterocycles. The first-order valence-corrected chi connectivity index (χ1v) is 8.52. The second kappa shape index (κ2) is 6.80. The van der Waals surface area contributed by atoms with Crippen LogP contribution in [0.25, 0.3) is 0 Å². The number of rotatable bonds is 5. The first kappa shape index (κ1) is 14.9. The van der Waals surface area contributed by atoms with Crippen LogP contribution in [0, 0.1) is 5.92 Å². The number of hydrogen-bond acceptors (Lipinski definition) is 3. The van der Waals surface area contributed by atoms with Gasteiger partial charge in [0.05, 0.1) is 0 Å². The summed E-state index contributed by atoms with van der Waals surface area (Å²) in [6, 6.07) is 6.97. The Kier molecular flexibility index (Phi) is 4.81. The van der Waals surface area contributed by atoms with Gasteiger partial charge in [-0.2, -0.15) is 0 Å². The van der Waals surface area contributed by atoms with Crippen molar-refractivity contribution >= 4 is 5.69 Å². The van der Waals surface area contributed by atoms with E-state index in [-0.39, 0.29) is 0 Å². The average molecular weight is 287 g/mol. The third-order valence-corrected chi connectivity index (χ3v) is 5.19. The van der Waals surface area contributed by atoms with Crippen molar-refractivity contribution in [1.29, 1.82) is 0 Å². The zero-order chi connectivity index (χ0) is 14.7. The molecule has 1 N–H and O–H groups in total. The van der Waals surface area contributed by atoms with Crippen LogP contribution in [0.15, 0.2) is 18.2 Å². The molecule has 1 aromatic rings. The lowest BCUT2D eigenvalue weighted by Crippen LogP contribution is -2.36. The van der Waals surface area contributed by atoms with Crippen LogP contribution in [-0.4, -0.2) is 44.7 Å². The van der Waals surface area contributed by atoms with Crippen molar-refractivity contribution in [2.75, 3.05) is 44.7 Å². The Hall–Kier alpha value is -1.06. The normalized spacial score (nSPS) is 20.0. The molecule has 0 amide bonds. The van der Waals surface area contributed by atoms with E-state index in [0.29, 0.717) is 0 Å². The van der Waals surface area contributed by atoms with Crippen LogP contribution in [0.1, 0.15) is 30.9 Å². The second-order valence-corrected chi connectivity index (χ2v) is 6.64. The van der Waals surface area contributed by atoms with E-state index in [1.54, 1.807) is 0 Å². The molecule has 1 saturated heterocycles. The molecule has 1 aromatic carbocycles. The molecule has 3 rings (SSSR count). The fourth-order valence-corrected chi connectivity index (χ4v) is 3.66. The summed E-state index contributed by atoms with van der Waals surface area (Å²) in [5.41, 5.74) is 4.38. The molecule has 3 nitrogen and oxygen atoms in total. The molecular formula is C18H29N3. The van der Waals surface area contributed by atoms with Gasteiger partial charge in [0, 0.05) is 25.8 Å². The summed E-state index contributed by atoms with van der Waals surface area (Å²) in [5, 5.41) is 3.67. The average Bonchev–Trinajstić information content (AvgIpc) is 2.89. The highest BCUT2D eigenvalue weighted by Gasteiger charge is 2.18. The zero-order valence-electron chi connectivity index (χ0n) is 13.6. The predicted octanol–water partition coefficient (Wildman–Crippen LogP) is 2.50. The summed E-state index contributed by atoms with van der Waals surface area (Å²) < 4.78 is 0. The Bertz CT molecular complexity index is 464. The molecule has 0 radical (unpaired) electrons. The number of likely N-dealkylation sites (N-methyl/N-ethyl adjacent to an activating group) is 1. The van der Waals surface area contributed by atoms with Crippen LogP contribution in [0.2, 0.25) is 0 Å². The van der Waals surface area contributed by atoms with Gasteiger partial charge in [-0.15, -0.1) is 0 Å². The number of hydrogen-bond donors (Lipinski definition) is 1. The standard InChI is InChI=1S/C18H29N3/c1-3-21-10-6-15(7-11-21)13-19-14-16-4-5-18-17(12-16)8-9-20(18)2/h4-5,12,15,19H,3,6-11,13-14H2,1-2H3. The Balaban J connectivity index is 1.44. The van der Waals surface area contributed by atoms with Crippen molar-refractivity contribution < 1.29 is 0 Å². The summed E-state index contributed by atoms with van der Waals surface area (Å²) in [5.74, 6) is 0.869. The Labute approximate surface area is 129 Å². The van der Waals surface area contributed by atoms with E-state index < -0.39 is 0 Å². The van der Waals surface area contributed by atoms with Gasteiger partial charge in [-0.05, 0) is 68.6 Å². The van der Waals surface area contributed by atoms with Crippen molar-refractivity contribution in [3.8, 4) is 0 Å². The van der Waals surface area contributed by atoms with Gasteiger partial charge >= 0.3 is 0 Å². The molecule has 2 aliphatic rings. The van der Waals surface area contributed by atoms with E-state index >= 15 is 0 Å². The predicted molar refractivity (Wildman–Crippen MR) is 90.0 cm³/mol. The summed E-state index contributed by atoms with van der Waals surface area (Å²) in [4.78, 5) is 4.92. The summed E-state index contributed by atoms with van der Waals surface area (Å²) in [6.07, 6.45) is 3.92. The van der Waals surface area contributed by atoms with Crippen LogP contribution >= 0.6 is 0 Å². The van der Waals surface area contributed by atoms with Crippen LogP contribution in [-0.2, 0) is 13.0 Å². The van der Waals surface area contributed by atoms with Crippen LogP contribution in [0.5, 0.6) is 0 Å². The fourth-order valence-electron chi connectivity index (χ4n) is 3.66. The molecule has 1 fully saturated rings. The van der Waals surface area contributed by atoms with Crippen LogP contribution < -0.4 is 10.2 Å². The third kappa shape index (κ3) is 3.58. The molecule has 2 heterocycles. The Morgan fingerprint density at radius 3 is 2.76 bits per heavy atom. The van der Waals surface area contributed by atoms with Gasteiger partial charge < -0.3 is 15.1 Å². The lowest BCUT2D eigenvalue weighted by molar-refractivity contribution is 0.190. The summed E-state index contributed by atoms with van der Waals surface area (Å²) >= 11 is 0. The maximum absolute atomic E-state index is 3.67. The molecule has 0 aliphatic carbocycles. The van der Waals surface area contributed by atoms with E-state index in [1.807, 2.05) is 0 Å². The minimum Gasteiger partial charge on any atom is -0.374 e. The maximum Gasteiger partial charge on any atom is 0.0397 e. The van der Waals surface area contributed by atoms with E-state index in [1.165, 1.54) is 68.8 Å². The number of likely N-dealkylation sites (tertiary alicyclic amines) is 1. The van der Waals surface area contributed by atoms with Crippen molar-refractivity contribution in [1.82, 2.24) is 10.2 Å². The van der Waals surface area contributed by atoms with Gasteiger partial charge in [0.2, 0.25) is 0 Å². The smallest absolute Gasteiger partial charge is 0.0397 e. The van der Waals surface area contributed by atoms with Gasteiger partial charge in [0.1, 0.15) is 0 Å². The van der Waals surface area contributed by atoms with Crippen molar-refractivity contribution in [2.24, 2.45) is 5.92 Å². The van der Waals surface area contributed by atoms with Gasteiger partial charge in [-0.3, -0.25) is 0 Å². The van der Waals surface area contributed by atoms with Gasteiger partial charge in [-0.25, -0.2) is 0 Å². The molecule has 2 aliphatic heterocycles. The number of piperidine rings is 1. The number of fused-ring (bicyclic) bond motifs is 1. The summed E-state index contributed by atoms with van der Waals surface area (Å²) in [6.45, 7) is 9.41. The van der Waals surface area contributed by atoms with Crippen molar-refractivity contribution in [2.45, 2.75) is 32.7 Å². The highest BCUT2D eigenvalue weighted by molar-refractivity contribution is 5.58. The van der Waals surface area contributed by atoms with Crippen molar-refractivity contribution in [3.05, 3.63) is 29.3 Å². The molecule has 0 bridgehead atoms. The largest absolute Gasteiger partial charge is 0.374 e. The lowest BCUT2D eigenvalue weighted by atomic mass is 9.97. The van der Waals surface area contributed by atoms with Crippen LogP contribution in [0.4, 0.5) is 5.69 Å². The molecule has 0 atom stereocenters. The van der Waals surface area contributed by atoms with E-state index in [9.17, 15) is 0 Å². The molecule has 0 saturated carbocycles. The van der Waals surface area contributed by atoms with Gasteiger partial charge in [0.25, 0.3) is 0 Å². The second-order valence-electron chi connectivity index (χ2n) is 6.64. The van der Waals surface area contributed by atoms with Crippen LogP contribution in [0.3, 0.4) is 0 Å². The third-order valence-electron chi connectivity index (χ3n) is 5.19. The highest BCUT2D eigenvalue weighted by Crippen LogP contribution is 2.27. The fraction of sp³-hybridized carbons (Fsp3) is 0.667. The molecule has 0 spiro atoms. The number of anilines is 1. The Morgan fingerprint density at radius 2 is 2.00 bits per heavy atom. The first-order valence-electron chi connectivity index (χ1n) is 8.52. The minimum atomic E-state index is 0.869. The lowest BCUT2D eigenvalue weighted by Gasteiger charge is -2.31. The number of nitrogens with zero attached hydrogens (tertiary/aromatic N) is 2. The topological polar surface area (TPSA) is 18.5 Å². The van der Waals surface area contributed by atoms with E-state index in [0.717, 1.165) is 12.5 Å². The maximum atomic E-state index is 3.67. The van der Waals surface area contributed by atoms with Crippen molar-refractivity contribution in [3.63, 3.8) is 0 Å². The molecule has 3 heteroatoms. The van der Waals surface area contributed by atoms with E-state index in [2.05, 4.69) is 47.3 Å². The SMILES string of the molecule is CCN1CCC(CNCc2ccc3c(c2)CCN3C)CC1. The Morgan fingerprint density at radius 1 is 1.19 bits per heavy atom. The number of nitrogens with one attached hydrogen (secondary N) is 1. The molecule has 21 heavy (non-hydrogen) atoms. The molecule has 116 valence electrons. The first-order chi connectivity index (χ1) is 10.3. The minimum absolute atomic E-state index is 0.869.